The molecule has 39 heavy (non-hydrogen) atoms. The summed E-state index contributed by atoms with van der Waals surface area (Å²) in [7, 11) is 0. The van der Waals surface area contributed by atoms with Crippen molar-refractivity contribution < 1.29 is 9.59 Å². The first-order valence-electron chi connectivity index (χ1n) is 12.8. The van der Waals surface area contributed by atoms with E-state index in [1.165, 1.54) is 46.5 Å². The molecule has 4 heteroatoms. The molecular weight excluding hydrogens is 480 g/mol. The van der Waals surface area contributed by atoms with Gasteiger partial charge in [0.15, 0.2) is 0 Å². The van der Waals surface area contributed by atoms with E-state index in [4.69, 9.17) is 0 Å². The Hall–Kier alpha value is -4.96. The molecule has 0 N–H and O–H groups in total. The van der Waals surface area contributed by atoms with Crippen LogP contribution in [0, 0.1) is 0 Å². The molecule has 0 saturated heterocycles. The lowest BCUT2D eigenvalue weighted by molar-refractivity contribution is -0.124. The predicted molar refractivity (Wildman–Crippen MR) is 160 cm³/mol. The smallest absolute Gasteiger partial charge is 0.137 e. The number of carbonyl (C=O) groups excluding carboxylic acids is 2. The third-order valence-electron chi connectivity index (χ3n) is 5.94. The number of fused-ring (bicyclic) bond motifs is 2. The van der Waals surface area contributed by atoms with Crippen LogP contribution >= 0.6 is 0 Å². The number of benzene rings is 4. The van der Waals surface area contributed by atoms with Crippen LogP contribution < -0.4 is 0 Å². The SMILES string of the molecule is CC(=O)CC(C)=O.c1ccc(-c2nccc3ccccc23)cc1.c1ccc(-c2nccc3ccccc23)cc1. The van der Waals surface area contributed by atoms with Gasteiger partial charge < -0.3 is 0 Å². The Balaban J connectivity index is 0.000000147. The minimum Gasteiger partial charge on any atom is -0.300 e. The predicted octanol–water partition coefficient (Wildman–Crippen LogP) is 8.36. The minimum atomic E-state index is -0.0625. The molecule has 0 atom stereocenters. The zero-order chi connectivity index (χ0) is 27.5. The maximum atomic E-state index is 10.0. The number of nitrogens with zero attached hydrogens (tertiary/aromatic N) is 2. The number of hydrogen-bond donors (Lipinski definition) is 0. The third kappa shape index (κ3) is 7.53. The second-order valence-corrected chi connectivity index (χ2v) is 9.07. The van der Waals surface area contributed by atoms with Crippen LogP contribution in [0.25, 0.3) is 44.1 Å². The van der Waals surface area contributed by atoms with Crippen LogP contribution in [0.1, 0.15) is 20.3 Å². The molecular formula is C35H30N2O2. The Bertz CT molecular complexity index is 1540. The van der Waals surface area contributed by atoms with Crippen molar-refractivity contribution in [2.24, 2.45) is 0 Å². The quantitative estimate of drug-likeness (QED) is 0.224. The fraction of sp³-hybridized carbons (Fsp3) is 0.0857. The van der Waals surface area contributed by atoms with Gasteiger partial charge in [0.1, 0.15) is 11.6 Å². The Labute approximate surface area is 229 Å². The second kappa shape index (κ2) is 13.5. The molecule has 192 valence electrons. The molecule has 0 aliphatic heterocycles. The number of aromatic nitrogens is 2. The molecule has 4 nitrogen and oxygen atoms in total. The number of carbonyl (C=O) groups is 2. The normalized spacial score (nSPS) is 10.1. The first-order chi connectivity index (χ1) is 19.0. The number of pyridine rings is 2. The lowest BCUT2D eigenvalue weighted by Crippen LogP contribution is -1.97. The van der Waals surface area contributed by atoms with Gasteiger partial charge >= 0.3 is 0 Å². The van der Waals surface area contributed by atoms with Gasteiger partial charge in [0, 0.05) is 34.3 Å². The van der Waals surface area contributed by atoms with Crippen LogP contribution in [-0.4, -0.2) is 21.5 Å². The Morgan fingerprint density at radius 2 is 0.846 bits per heavy atom. The van der Waals surface area contributed by atoms with Crippen LogP contribution in [0.15, 0.2) is 134 Å². The zero-order valence-electron chi connectivity index (χ0n) is 22.1. The van der Waals surface area contributed by atoms with Crippen LogP contribution in [0.5, 0.6) is 0 Å². The maximum absolute atomic E-state index is 10.0. The molecule has 0 radical (unpaired) electrons. The van der Waals surface area contributed by atoms with E-state index in [1.54, 1.807) is 0 Å². The topological polar surface area (TPSA) is 59.9 Å². The number of ketones is 2. The van der Waals surface area contributed by atoms with Crippen molar-refractivity contribution in [2.75, 3.05) is 0 Å². The lowest BCUT2D eigenvalue weighted by Gasteiger charge is -2.04. The molecule has 2 aromatic heterocycles. The van der Waals surface area contributed by atoms with Crippen molar-refractivity contribution in [3.05, 3.63) is 134 Å². The molecule has 0 spiro atoms. The average molecular weight is 511 g/mol. The first kappa shape index (κ1) is 27.1. The molecule has 0 fully saturated rings. The van der Waals surface area contributed by atoms with E-state index in [2.05, 4.69) is 82.8 Å². The monoisotopic (exact) mass is 510 g/mol. The van der Waals surface area contributed by atoms with Gasteiger partial charge in [-0.05, 0) is 36.8 Å². The highest BCUT2D eigenvalue weighted by Gasteiger charge is 2.04. The Morgan fingerprint density at radius 1 is 0.487 bits per heavy atom. The molecule has 0 aliphatic carbocycles. The average Bonchev–Trinajstić information content (AvgIpc) is 2.97. The van der Waals surface area contributed by atoms with Crippen molar-refractivity contribution in [1.29, 1.82) is 0 Å². The zero-order valence-corrected chi connectivity index (χ0v) is 22.1. The summed E-state index contributed by atoms with van der Waals surface area (Å²) in [6.45, 7) is 2.81. The third-order valence-corrected chi connectivity index (χ3v) is 5.94. The minimum absolute atomic E-state index is 0.0625. The van der Waals surface area contributed by atoms with Gasteiger partial charge in [-0.15, -0.1) is 0 Å². The lowest BCUT2D eigenvalue weighted by atomic mass is 10.0. The molecule has 2 heterocycles. The van der Waals surface area contributed by atoms with E-state index in [-0.39, 0.29) is 18.0 Å². The van der Waals surface area contributed by atoms with Crippen molar-refractivity contribution in [2.45, 2.75) is 20.3 Å². The van der Waals surface area contributed by atoms with Crippen molar-refractivity contribution >= 4 is 33.1 Å². The summed E-state index contributed by atoms with van der Waals surface area (Å²) in [5.74, 6) is -0.125. The molecule has 0 aliphatic rings. The fourth-order valence-corrected chi connectivity index (χ4v) is 4.24. The maximum Gasteiger partial charge on any atom is 0.137 e. The largest absolute Gasteiger partial charge is 0.300 e. The summed E-state index contributed by atoms with van der Waals surface area (Å²) in [6, 6.07) is 41.3. The van der Waals surface area contributed by atoms with E-state index in [0.29, 0.717) is 0 Å². The number of hydrogen-bond acceptors (Lipinski definition) is 4. The van der Waals surface area contributed by atoms with Crippen molar-refractivity contribution in [1.82, 2.24) is 9.97 Å². The summed E-state index contributed by atoms with van der Waals surface area (Å²) in [4.78, 5) is 29.0. The second-order valence-electron chi connectivity index (χ2n) is 9.07. The van der Waals surface area contributed by atoms with Crippen LogP contribution in [-0.2, 0) is 9.59 Å². The van der Waals surface area contributed by atoms with Gasteiger partial charge in [0.05, 0.1) is 17.8 Å². The first-order valence-corrected chi connectivity index (χ1v) is 12.8. The summed E-state index contributed by atoms with van der Waals surface area (Å²) in [5.41, 5.74) is 4.44. The van der Waals surface area contributed by atoms with Crippen molar-refractivity contribution in [3.8, 4) is 22.5 Å². The van der Waals surface area contributed by atoms with Crippen molar-refractivity contribution in [3.63, 3.8) is 0 Å². The summed E-state index contributed by atoms with van der Waals surface area (Å²) >= 11 is 0. The summed E-state index contributed by atoms with van der Waals surface area (Å²) < 4.78 is 0. The molecule has 6 rings (SSSR count). The highest BCUT2D eigenvalue weighted by atomic mass is 16.1. The highest BCUT2D eigenvalue weighted by Crippen LogP contribution is 2.26. The van der Waals surface area contributed by atoms with Crippen LogP contribution in [0.2, 0.25) is 0 Å². The van der Waals surface area contributed by atoms with Crippen LogP contribution in [0.4, 0.5) is 0 Å². The Kier molecular flexibility index (Phi) is 9.41. The fourth-order valence-electron chi connectivity index (χ4n) is 4.24. The molecule has 4 aromatic carbocycles. The van der Waals surface area contributed by atoms with Gasteiger partial charge in [-0.2, -0.15) is 0 Å². The number of rotatable bonds is 4. The van der Waals surface area contributed by atoms with Gasteiger partial charge in [-0.1, -0.05) is 109 Å². The van der Waals surface area contributed by atoms with E-state index >= 15 is 0 Å². The van der Waals surface area contributed by atoms with Gasteiger partial charge in [-0.3, -0.25) is 19.6 Å². The standard InChI is InChI=1S/2C15H11N.C5H8O2/c2*1-2-7-13(8-3-1)15-14-9-5-4-6-12(14)10-11-16-15;1-4(6)3-5(2)7/h2*1-11H;3H2,1-2H3. The van der Waals surface area contributed by atoms with Gasteiger partial charge in [0.25, 0.3) is 0 Å². The highest BCUT2D eigenvalue weighted by molar-refractivity contribution is 5.97. The van der Waals surface area contributed by atoms with E-state index < -0.39 is 0 Å². The van der Waals surface area contributed by atoms with E-state index in [1.807, 2.05) is 60.9 Å². The molecule has 0 amide bonds. The summed E-state index contributed by atoms with van der Waals surface area (Å²) in [6.07, 6.45) is 3.81. The Morgan fingerprint density at radius 3 is 1.21 bits per heavy atom. The molecule has 0 unspecified atom stereocenters. The van der Waals surface area contributed by atoms with Gasteiger partial charge in [-0.25, -0.2) is 0 Å². The van der Waals surface area contributed by atoms with E-state index in [0.717, 1.165) is 11.4 Å². The van der Waals surface area contributed by atoms with E-state index in [9.17, 15) is 9.59 Å². The van der Waals surface area contributed by atoms with Crippen LogP contribution in [0.3, 0.4) is 0 Å². The van der Waals surface area contributed by atoms with Gasteiger partial charge in [0.2, 0.25) is 0 Å². The molecule has 0 bridgehead atoms. The summed E-state index contributed by atoms with van der Waals surface area (Å²) in [5, 5.41) is 4.88. The molecule has 0 saturated carbocycles. The molecule has 6 aromatic rings. The number of Topliss-reactive ketones (excluding diaryl/α,β-unsaturated/α-hetero) is 2.